The molecule has 0 aliphatic carbocycles. The van der Waals surface area contributed by atoms with Crippen molar-refractivity contribution in [1.82, 2.24) is 4.98 Å². The molecular formula is C17H14F2N2O4S. The van der Waals surface area contributed by atoms with Gasteiger partial charge in [-0.2, -0.15) is 9.65 Å². The number of nitriles is 1. The minimum Gasteiger partial charge on any atom is -0.474 e. The first kappa shape index (κ1) is 18.5. The van der Waals surface area contributed by atoms with Gasteiger partial charge in [0, 0.05) is 17.5 Å². The van der Waals surface area contributed by atoms with Gasteiger partial charge in [-0.05, 0) is 29.8 Å². The molecule has 1 aliphatic rings. The van der Waals surface area contributed by atoms with Gasteiger partial charge < -0.3 is 20.1 Å². The Balaban J connectivity index is 1.90. The molecule has 9 heteroatoms. The van der Waals surface area contributed by atoms with Crippen LogP contribution in [0.1, 0.15) is 5.69 Å². The predicted octanol–water partition coefficient (Wildman–Crippen LogP) is 1.43. The van der Waals surface area contributed by atoms with Crippen molar-refractivity contribution >= 4 is 11.8 Å². The highest BCUT2D eigenvalue weighted by molar-refractivity contribution is 7.99. The largest absolute Gasteiger partial charge is 0.474 e. The monoisotopic (exact) mass is 380 g/mol. The number of halogens is 2. The van der Waals surface area contributed by atoms with Crippen LogP contribution in [0.25, 0.3) is 11.1 Å². The van der Waals surface area contributed by atoms with Gasteiger partial charge >= 0.3 is 0 Å². The first-order valence-corrected chi connectivity index (χ1v) is 8.63. The van der Waals surface area contributed by atoms with Crippen molar-refractivity contribution in [2.75, 3.05) is 5.75 Å². The SMILES string of the molecule is N#Cc1ccc(-c2cc(F)c(F)c(O[C@H]3SC[C@@H](O)[C@H](O)[C@H]3O)c2)cn1. The Hall–Kier alpha value is -2.25. The fourth-order valence-electron chi connectivity index (χ4n) is 2.46. The normalized spacial score (nSPS) is 25.5. The lowest BCUT2D eigenvalue weighted by molar-refractivity contribution is -0.0790. The molecular weight excluding hydrogens is 366 g/mol. The summed E-state index contributed by atoms with van der Waals surface area (Å²) in [5, 5.41) is 37.9. The van der Waals surface area contributed by atoms with Gasteiger partial charge in [0.2, 0.25) is 5.82 Å². The molecule has 0 radical (unpaired) electrons. The minimum atomic E-state index is -1.47. The van der Waals surface area contributed by atoms with Crippen LogP contribution in [0.2, 0.25) is 0 Å². The van der Waals surface area contributed by atoms with E-state index in [-0.39, 0.29) is 17.0 Å². The summed E-state index contributed by atoms with van der Waals surface area (Å²) in [5.74, 6) is -2.75. The fraction of sp³-hybridized carbons (Fsp3) is 0.294. The number of ether oxygens (including phenoxy) is 1. The van der Waals surface area contributed by atoms with Crippen LogP contribution in [0.4, 0.5) is 8.78 Å². The Bertz CT molecular complexity index is 844. The van der Waals surface area contributed by atoms with Gasteiger partial charge in [0.1, 0.15) is 24.0 Å². The molecule has 136 valence electrons. The summed E-state index contributed by atoms with van der Waals surface area (Å²) in [4.78, 5) is 3.88. The van der Waals surface area contributed by atoms with Crippen LogP contribution in [0.15, 0.2) is 30.5 Å². The molecule has 0 spiro atoms. The molecule has 3 N–H and O–H groups in total. The number of thioether (sulfide) groups is 1. The number of hydrogen-bond donors (Lipinski definition) is 3. The molecule has 1 aliphatic heterocycles. The lowest BCUT2D eigenvalue weighted by Gasteiger charge is -2.34. The van der Waals surface area contributed by atoms with Gasteiger partial charge in [0.25, 0.3) is 0 Å². The molecule has 0 amide bonds. The summed E-state index contributed by atoms with van der Waals surface area (Å²) < 4.78 is 33.4. The second-order valence-electron chi connectivity index (χ2n) is 5.68. The Morgan fingerprint density at radius 1 is 1.15 bits per heavy atom. The van der Waals surface area contributed by atoms with Gasteiger partial charge in [-0.1, -0.05) is 0 Å². The third kappa shape index (κ3) is 3.64. The van der Waals surface area contributed by atoms with Crippen molar-refractivity contribution in [3.8, 4) is 22.9 Å². The van der Waals surface area contributed by atoms with Crippen LogP contribution in [-0.2, 0) is 0 Å². The van der Waals surface area contributed by atoms with E-state index in [1.54, 1.807) is 0 Å². The zero-order chi connectivity index (χ0) is 18.8. The van der Waals surface area contributed by atoms with E-state index in [2.05, 4.69) is 4.98 Å². The lowest BCUT2D eigenvalue weighted by atomic mass is 10.1. The predicted molar refractivity (Wildman–Crippen MR) is 89.2 cm³/mol. The summed E-state index contributed by atoms with van der Waals surface area (Å²) in [7, 11) is 0. The molecule has 0 bridgehead atoms. The average Bonchev–Trinajstić information content (AvgIpc) is 2.65. The zero-order valence-electron chi connectivity index (χ0n) is 13.2. The zero-order valence-corrected chi connectivity index (χ0v) is 14.0. The summed E-state index contributed by atoms with van der Waals surface area (Å²) in [6.45, 7) is 0. The number of hydrogen-bond acceptors (Lipinski definition) is 7. The van der Waals surface area contributed by atoms with Gasteiger partial charge in [-0.25, -0.2) is 9.37 Å². The number of benzene rings is 1. The number of aliphatic hydroxyl groups is 3. The Kier molecular flexibility index (Phi) is 5.38. The quantitative estimate of drug-likeness (QED) is 0.740. The number of aromatic nitrogens is 1. The summed E-state index contributed by atoms with van der Waals surface area (Å²) in [5.41, 5.74) is -0.175. The van der Waals surface area contributed by atoms with Gasteiger partial charge in [-0.15, -0.1) is 11.8 Å². The van der Waals surface area contributed by atoms with E-state index in [0.29, 0.717) is 5.56 Å². The van der Waals surface area contributed by atoms with Crippen LogP contribution >= 0.6 is 11.8 Å². The maximum absolute atomic E-state index is 14.1. The maximum Gasteiger partial charge on any atom is 0.200 e. The molecule has 0 saturated carbocycles. The van der Waals surface area contributed by atoms with E-state index >= 15 is 0 Å². The Morgan fingerprint density at radius 2 is 1.92 bits per heavy atom. The van der Waals surface area contributed by atoms with Crippen molar-refractivity contribution in [3.05, 3.63) is 47.8 Å². The molecule has 1 saturated heterocycles. The van der Waals surface area contributed by atoms with Crippen LogP contribution < -0.4 is 4.74 Å². The van der Waals surface area contributed by atoms with Crippen LogP contribution in [0.5, 0.6) is 5.75 Å². The molecule has 2 heterocycles. The van der Waals surface area contributed by atoms with Crippen molar-refractivity contribution in [2.45, 2.75) is 23.7 Å². The van der Waals surface area contributed by atoms with Gasteiger partial charge in [0.15, 0.2) is 17.0 Å². The standard InChI is InChI=1S/C17H14F2N2O4S/c18-11-3-9(8-1-2-10(5-20)21-6-8)4-13(14(11)19)25-17-16(24)15(23)12(22)7-26-17/h1-4,6,12,15-17,22-24H,7H2/t12-,15+,16-,17+/m1/s1. The van der Waals surface area contributed by atoms with E-state index in [4.69, 9.17) is 10.00 Å². The second kappa shape index (κ2) is 7.55. The highest BCUT2D eigenvalue weighted by atomic mass is 32.2. The van der Waals surface area contributed by atoms with E-state index in [0.717, 1.165) is 17.8 Å². The van der Waals surface area contributed by atoms with Crippen LogP contribution in [0.3, 0.4) is 0 Å². The molecule has 2 aromatic rings. The van der Waals surface area contributed by atoms with E-state index in [9.17, 15) is 24.1 Å². The Labute approximate surface area is 151 Å². The minimum absolute atomic E-state index is 0.0756. The summed E-state index contributed by atoms with van der Waals surface area (Å²) in [6.07, 6.45) is -2.70. The second-order valence-corrected chi connectivity index (χ2v) is 6.81. The maximum atomic E-state index is 14.1. The van der Waals surface area contributed by atoms with Crippen molar-refractivity contribution < 1.29 is 28.8 Å². The number of nitrogens with zero attached hydrogens (tertiary/aromatic N) is 2. The highest BCUT2D eigenvalue weighted by Crippen LogP contribution is 2.33. The number of pyridine rings is 1. The van der Waals surface area contributed by atoms with Crippen molar-refractivity contribution in [1.29, 1.82) is 5.26 Å². The third-order valence-electron chi connectivity index (χ3n) is 3.90. The molecule has 4 atom stereocenters. The van der Waals surface area contributed by atoms with Crippen molar-refractivity contribution in [2.24, 2.45) is 0 Å². The first-order valence-electron chi connectivity index (χ1n) is 7.58. The molecule has 0 unspecified atom stereocenters. The first-order chi connectivity index (χ1) is 12.4. The molecule has 3 rings (SSSR count). The van der Waals surface area contributed by atoms with Gasteiger partial charge in [-0.3, -0.25) is 0 Å². The third-order valence-corrected chi connectivity index (χ3v) is 5.14. The fourth-order valence-corrected chi connectivity index (χ4v) is 3.57. The number of aliphatic hydroxyl groups excluding tert-OH is 3. The topological polar surface area (TPSA) is 107 Å². The van der Waals surface area contributed by atoms with Gasteiger partial charge in [0.05, 0.1) is 6.10 Å². The lowest BCUT2D eigenvalue weighted by Crippen LogP contribution is -2.50. The highest BCUT2D eigenvalue weighted by Gasteiger charge is 2.39. The summed E-state index contributed by atoms with van der Waals surface area (Å²) >= 11 is 0.979. The van der Waals surface area contributed by atoms with Crippen LogP contribution in [0, 0.1) is 23.0 Å². The molecule has 26 heavy (non-hydrogen) atoms. The van der Waals surface area contributed by atoms with Crippen LogP contribution in [-0.4, -0.2) is 49.8 Å². The van der Waals surface area contributed by atoms with Crippen molar-refractivity contribution in [3.63, 3.8) is 0 Å². The van der Waals surface area contributed by atoms with E-state index < -0.39 is 41.1 Å². The summed E-state index contributed by atoms with van der Waals surface area (Å²) in [6, 6.07) is 7.04. The smallest absolute Gasteiger partial charge is 0.200 e. The number of rotatable bonds is 3. The van der Waals surface area contributed by atoms with E-state index in [1.807, 2.05) is 6.07 Å². The Morgan fingerprint density at radius 3 is 2.58 bits per heavy atom. The molecule has 1 aromatic heterocycles. The molecule has 1 fully saturated rings. The molecule has 1 aromatic carbocycles. The molecule has 6 nitrogen and oxygen atoms in total. The van der Waals surface area contributed by atoms with E-state index in [1.165, 1.54) is 24.4 Å². The average molecular weight is 380 g/mol.